The van der Waals surface area contributed by atoms with Crippen LogP contribution in [0, 0.1) is 6.92 Å². The predicted molar refractivity (Wildman–Crippen MR) is 77.7 cm³/mol. The van der Waals surface area contributed by atoms with Crippen molar-refractivity contribution in [2.24, 2.45) is 0 Å². The molecule has 2 heterocycles. The molecule has 0 aliphatic heterocycles. The lowest BCUT2D eigenvalue weighted by atomic mass is 10.3. The van der Waals surface area contributed by atoms with E-state index in [2.05, 4.69) is 31.0 Å². The Balaban J connectivity index is 1.74. The van der Waals surface area contributed by atoms with Crippen molar-refractivity contribution in [1.82, 2.24) is 15.0 Å². The number of hydrogen-bond donors (Lipinski definition) is 2. The number of nitrogens with zero attached hydrogens (tertiary/aromatic N) is 3. The van der Waals surface area contributed by atoms with Gasteiger partial charge in [0.25, 0.3) is 0 Å². The average molecular weight is 275 g/mol. The van der Waals surface area contributed by atoms with Crippen molar-refractivity contribution in [1.29, 1.82) is 0 Å². The van der Waals surface area contributed by atoms with Crippen molar-refractivity contribution in [3.63, 3.8) is 0 Å². The molecule has 1 saturated carbocycles. The molecule has 100 valence electrons. The van der Waals surface area contributed by atoms with Crippen molar-refractivity contribution >= 4 is 23.0 Å². The van der Waals surface area contributed by atoms with Crippen molar-refractivity contribution in [3.8, 4) is 0 Å². The smallest absolute Gasteiger partial charge is 0.136 e. The molecule has 2 N–H and O–H groups in total. The molecule has 1 aliphatic rings. The van der Waals surface area contributed by atoms with Gasteiger partial charge in [-0.3, -0.25) is 0 Å². The zero-order valence-electron chi connectivity index (χ0n) is 11.1. The van der Waals surface area contributed by atoms with E-state index >= 15 is 0 Å². The van der Waals surface area contributed by atoms with Crippen molar-refractivity contribution in [2.75, 3.05) is 17.7 Å². The molecule has 0 bridgehead atoms. The lowest BCUT2D eigenvalue weighted by Crippen LogP contribution is -2.06. The van der Waals surface area contributed by atoms with Crippen LogP contribution in [0.4, 0.5) is 11.6 Å². The van der Waals surface area contributed by atoms with Crippen LogP contribution in [0.2, 0.25) is 0 Å². The summed E-state index contributed by atoms with van der Waals surface area (Å²) in [5, 5.41) is 9.56. The van der Waals surface area contributed by atoms with Crippen LogP contribution >= 0.6 is 11.3 Å². The van der Waals surface area contributed by atoms with E-state index in [1.54, 1.807) is 11.3 Å². The van der Waals surface area contributed by atoms with Gasteiger partial charge in [-0.2, -0.15) is 0 Å². The lowest BCUT2D eigenvalue weighted by Gasteiger charge is -2.08. The summed E-state index contributed by atoms with van der Waals surface area (Å²) >= 11 is 1.67. The normalized spacial score (nSPS) is 14.4. The highest BCUT2D eigenvalue weighted by atomic mass is 32.1. The largest absolute Gasteiger partial charge is 0.373 e. The molecule has 0 amide bonds. The van der Waals surface area contributed by atoms with Gasteiger partial charge in [-0.15, -0.1) is 11.3 Å². The Labute approximate surface area is 116 Å². The summed E-state index contributed by atoms with van der Waals surface area (Å²) in [5.41, 5.74) is 1.07. The molecule has 1 fully saturated rings. The summed E-state index contributed by atoms with van der Waals surface area (Å²) in [6.45, 7) is 2.72. The third-order valence-corrected chi connectivity index (χ3v) is 4.00. The van der Waals surface area contributed by atoms with Crippen LogP contribution in [0.5, 0.6) is 0 Å². The summed E-state index contributed by atoms with van der Waals surface area (Å²) in [4.78, 5) is 13.5. The number of aromatic nitrogens is 3. The van der Waals surface area contributed by atoms with Gasteiger partial charge >= 0.3 is 0 Å². The van der Waals surface area contributed by atoms with Gasteiger partial charge in [0.2, 0.25) is 0 Å². The number of nitrogens with one attached hydrogen (secondary N) is 2. The van der Waals surface area contributed by atoms with Crippen LogP contribution in [0.3, 0.4) is 0 Å². The van der Waals surface area contributed by atoms with Crippen LogP contribution in [0.25, 0.3) is 0 Å². The molecule has 2 aromatic rings. The second-order valence-corrected chi connectivity index (χ2v) is 5.70. The molecule has 19 heavy (non-hydrogen) atoms. The van der Waals surface area contributed by atoms with Crippen LogP contribution < -0.4 is 10.6 Å². The van der Waals surface area contributed by atoms with E-state index < -0.39 is 0 Å². The van der Waals surface area contributed by atoms with Crippen molar-refractivity contribution in [3.05, 3.63) is 28.0 Å². The average Bonchev–Trinajstić information content (AvgIpc) is 3.19. The maximum atomic E-state index is 4.58. The van der Waals surface area contributed by atoms with Gasteiger partial charge in [-0.05, 0) is 19.8 Å². The number of thiazole rings is 1. The van der Waals surface area contributed by atoms with E-state index in [9.17, 15) is 0 Å². The first-order valence-electron chi connectivity index (χ1n) is 6.46. The molecule has 6 heteroatoms. The molecular formula is C13H17N5S. The van der Waals surface area contributed by atoms with E-state index in [0.717, 1.165) is 28.2 Å². The van der Waals surface area contributed by atoms with Gasteiger partial charge in [0, 0.05) is 30.1 Å². The standard InChI is InChI=1S/C13H17N5S/c1-8-7-19-12(16-8)6-15-11-5-10(14-2)17-13(18-11)9-3-4-9/h5,7,9H,3-4,6H2,1-2H3,(H2,14,15,17,18). The minimum atomic E-state index is 0.552. The molecule has 0 saturated heterocycles. The Morgan fingerprint density at radius 1 is 1.26 bits per heavy atom. The molecule has 3 rings (SSSR count). The molecule has 0 radical (unpaired) electrons. The van der Waals surface area contributed by atoms with E-state index in [0.29, 0.717) is 12.5 Å². The number of anilines is 2. The van der Waals surface area contributed by atoms with E-state index in [1.165, 1.54) is 12.8 Å². The van der Waals surface area contributed by atoms with Crippen LogP contribution in [-0.4, -0.2) is 22.0 Å². The maximum absolute atomic E-state index is 4.58. The summed E-state index contributed by atoms with van der Waals surface area (Å²) in [5.74, 6) is 3.24. The van der Waals surface area contributed by atoms with Gasteiger partial charge in [0.1, 0.15) is 22.5 Å². The minimum absolute atomic E-state index is 0.552. The topological polar surface area (TPSA) is 62.7 Å². The monoisotopic (exact) mass is 275 g/mol. The Morgan fingerprint density at radius 3 is 2.68 bits per heavy atom. The van der Waals surface area contributed by atoms with Gasteiger partial charge in [0.05, 0.1) is 6.54 Å². The Bertz CT molecular complexity index is 576. The van der Waals surface area contributed by atoms with Crippen LogP contribution in [-0.2, 0) is 6.54 Å². The summed E-state index contributed by atoms with van der Waals surface area (Å²) < 4.78 is 0. The second-order valence-electron chi connectivity index (χ2n) is 4.76. The summed E-state index contributed by atoms with van der Waals surface area (Å²) in [7, 11) is 1.88. The molecule has 1 aliphatic carbocycles. The van der Waals surface area contributed by atoms with Crippen molar-refractivity contribution < 1.29 is 0 Å². The molecule has 0 atom stereocenters. The third kappa shape index (κ3) is 3.01. The summed E-state index contributed by atoms with van der Waals surface area (Å²) in [6.07, 6.45) is 2.41. The van der Waals surface area contributed by atoms with E-state index in [-0.39, 0.29) is 0 Å². The fourth-order valence-electron chi connectivity index (χ4n) is 1.86. The van der Waals surface area contributed by atoms with Crippen LogP contribution in [0.15, 0.2) is 11.4 Å². The van der Waals surface area contributed by atoms with Crippen molar-refractivity contribution in [2.45, 2.75) is 32.2 Å². The first kappa shape index (κ1) is 12.3. The molecular weight excluding hydrogens is 258 g/mol. The third-order valence-electron chi connectivity index (χ3n) is 3.03. The Morgan fingerprint density at radius 2 is 2.05 bits per heavy atom. The molecule has 0 aromatic carbocycles. The number of aryl methyl sites for hydroxylation is 1. The number of rotatable bonds is 5. The predicted octanol–water partition coefficient (Wildman–Crippen LogP) is 2.77. The van der Waals surface area contributed by atoms with Crippen LogP contribution in [0.1, 0.15) is 35.3 Å². The quantitative estimate of drug-likeness (QED) is 0.878. The van der Waals surface area contributed by atoms with Gasteiger partial charge in [0.15, 0.2) is 0 Å². The fraction of sp³-hybridized carbons (Fsp3) is 0.462. The summed E-state index contributed by atoms with van der Waals surface area (Å²) in [6, 6.07) is 1.94. The first-order chi connectivity index (χ1) is 9.24. The molecule has 0 unspecified atom stereocenters. The lowest BCUT2D eigenvalue weighted by molar-refractivity contribution is 0.921. The minimum Gasteiger partial charge on any atom is -0.373 e. The van der Waals surface area contributed by atoms with Gasteiger partial charge in [-0.25, -0.2) is 15.0 Å². The van der Waals surface area contributed by atoms with Gasteiger partial charge < -0.3 is 10.6 Å². The molecule has 2 aromatic heterocycles. The SMILES string of the molecule is CNc1cc(NCc2nc(C)cs2)nc(C2CC2)n1. The number of hydrogen-bond acceptors (Lipinski definition) is 6. The highest BCUT2D eigenvalue weighted by Crippen LogP contribution is 2.38. The van der Waals surface area contributed by atoms with Gasteiger partial charge in [-0.1, -0.05) is 0 Å². The fourth-order valence-corrected chi connectivity index (χ4v) is 2.57. The second kappa shape index (κ2) is 5.13. The highest BCUT2D eigenvalue weighted by molar-refractivity contribution is 7.09. The maximum Gasteiger partial charge on any atom is 0.136 e. The zero-order chi connectivity index (χ0) is 13.2. The molecule has 5 nitrogen and oxygen atoms in total. The van der Waals surface area contributed by atoms with E-state index in [4.69, 9.17) is 0 Å². The van der Waals surface area contributed by atoms with E-state index in [1.807, 2.05) is 20.0 Å². The Kier molecular flexibility index (Phi) is 3.33. The zero-order valence-corrected chi connectivity index (χ0v) is 11.9. The highest BCUT2D eigenvalue weighted by Gasteiger charge is 2.27. The Hall–Kier alpha value is -1.69. The molecule has 0 spiro atoms. The first-order valence-corrected chi connectivity index (χ1v) is 7.34.